The van der Waals surface area contributed by atoms with E-state index in [1.54, 1.807) is 12.1 Å². The predicted molar refractivity (Wildman–Crippen MR) is 101 cm³/mol. The van der Waals surface area contributed by atoms with Crippen molar-refractivity contribution in [1.29, 1.82) is 0 Å². The molecule has 0 spiro atoms. The number of benzene rings is 2. The van der Waals surface area contributed by atoms with E-state index in [4.69, 9.17) is 0 Å². The fourth-order valence-corrected chi connectivity index (χ4v) is 3.41. The average Bonchev–Trinajstić information content (AvgIpc) is 2.60. The Morgan fingerprint density at radius 1 is 0.962 bits per heavy atom. The lowest BCUT2D eigenvalue weighted by atomic mass is 10.1. The van der Waals surface area contributed by atoms with Gasteiger partial charge in [0.05, 0.1) is 16.8 Å². The molecule has 1 heterocycles. The number of hydrogen-bond acceptors (Lipinski definition) is 4. The molecule has 5 nitrogen and oxygen atoms in total. The molecule has 1 aromatic heterocycles. The summed E-state index contributed by atoms with van der Waals surface area (Å²) in [5.41, 5.74) is 3.47. The normalized spacial score (nSPS) is 11.2. The van der Waals surface area contributed by atoms with E-state index in [1.807, 2.05) is 32.0 Å². The van der Waals surface area contributed by atoms with Crippen LogP contribution in [-0.4, -0.2) is 13.4 Å². The van der Waals surface area contributed by atoms with Crippen molar-refractivity contribution in [2.24, 2.45) is 0 Å². The maximum atomic E-state index is 12.9. The fourth-order valence-electron chi connectivity index (χ4n) is 2.36. The van der Waals surface area contributed by atoms with Gasteiger partial charge in [-0.25, -0.2) is 17.8 Å². The van der Waals surface area contributed by atoms with Crippen LogP contribution in [0.25, 0.3) is 0 Å². The van der Waals surface area contributed by atoms with Gasteiger partial charge in [-0.15, -0.1) is 0 Å². The molecule has 2 aromatic carbocycles. The van der Waals surface area contributed by atoms with E-state index >= 15 is 0 Å². The van der Waals surface area contributed by atoms with Gasteiger partial charge in [-0.05, 0) is 67.4 Å². The SMILES string of the molecule is Cc1ccc(C)c(Nc2ccc(NS(=O)(=O)c3ccc(F)cc3)cn2)c1. The van der Waals surface area contributed by atoms with Crippen molar-refractivity contribution in [2.45, 2.75) is 18.7 Å². The molecule has 0 fully saturated rings. The molecule has 0 aliphatic rings. The fraction of sp³-hybridized carbons (Fsp3) is 0.105. The highest BCUT2D eigenvalue weighted by Crippen LogP contribution is 2.22. The minimum absolute atomic E-state index is 0.0171. The van der Waals surface area contributed by atoms with Crippen LogP contribution < -0.4 is 10.0 Å². The van der Waals surface area contributed by atoms with Crippen LogP contribution in [-0.2, 0) is 10.0 Å². The van der Waals surface area contributed by atoms with Gasteiger partial charge in [0, 0.05) is 5.69 Å². The molecule has 0 radical (unpaired) electrons. The number of sulfonamides is 1. The second-order valence-electron chi connectivity index (χ2n) is 5.93. The predicted octanol–water partition coefficient (Wildman–Crippen LogP) is 4.38. The van der Waals surface area contributed by atoms with Crippen LogP contribution in [0.5, 0.6) is 0 Å². The first-order chi connectivity index (χ1) is 12.3. The van der Waals surface area contributed by atoms with Gasteiger partial charge in [-0.2, -0.15) is 0 Å². The molecular formula is C19H18FN3O2S. The van der Waals surface area contributed by atoms with E-state index < -0.39 is 15.8 Å². The third-order valence-electron chi connectivity index (χ3n) is 3.80. The highest BCUT2D eigenvalue weighted by Gasteiger charge is 2.14. The largest absolute Gasteiger partial charge is 0.340 e. The summed E-state index contributed by atoms with van der Waals surface area (Å²) in [6, 6.07) is 14.0. The highest BCUT2D eigenvalue weighted by molar-refractivity contribution is 7.92. The molecule has 0 unspecified atom stereocenters. The van der Waals surface area contributed by atoms with Crippen LogP contribution in [0.2, 0.25) is 0 Å². The Kier molecular flexibility index (Phi) is 4.90. The Morgan fingerprint density at radius 2 is 1.69 bits per heavy atom. The highest BCUT2D eigenvalue weighted by atomic mass is 32.2. The van der Waals surface area contributed by atoms with Crippen molar-refractivity contribution < 1.29 is 12.8 Å². The molecule has 0 saturated heterocycles. The van der Waals surface area contributed by atoms with Gasteiger partial charge in [-0.3, -0.25) is 4.72 Å². The summed E-state index contributed by atoms with van der Waals surface area (Å²) in [5, 5.41) is 3.21. The number of nitrogens with zero attached hydrogens (tertiary/aromatic N) is 1. The summed E-state index contributed by atoms with van der Waals surface area (Å²) in [5.74, 6) is 0.107. The van der Waals surface area contributed by atoms with Gasteiger partial charge < -0.3 is 5.32 Å². The number of aryl methyl sites for hydroxylation is 2. The summed E-state index contributed by atoms with van der Waals surface area (Å²) < 4.78 is 40.0. The Labute approximate surface area is 152 Å². The van der Waals surface area contributed by atoms with Crippen molar-refractivity contribution in [3.05, 3.63) is 77.7 Å². The lowest BCUT2D eigenvalue weighted by molar-refractivity contribution is 0.599. The molecular weight excluding hydrogens is 353 g/mol. The summed E-state index contributed by atoms with van der Waals surface area (Å²) in [4.78, 5) is 4.22. The van der Waals surface area contributed by atoms with Crippen molar-refractivity contribution in [3.63, 3.8) is 0 Å². The lowest BCUT2D eigenvalue weighted by Crippen LogP contribution is -2.13. The van der Waals surface area contributed by atoms with E-state index in [0.29, 0.717) is 11.5 Å². The van der Waals surface area contributed by atoms with E-state index in [9.17, 15) is 12.8 Å². The zero-order valence-corrected chi connectivity index (χ0v) is 15.1. The van der Waals surface area contributed by atoms with E-state index in [1.165, 1.54) is 18.3 Å². The molecule has 0 amide bonds. The quantitative estimate of drug-likeness (QED) is 0.698. The number of halogens is 1. The van der Waals surface area contributed by atoms with Crippen LogP contribution in [0, 0.1) is 19.7 Å². The molecule has 0 saturated carbocycles. The smallest absolute Gasteiger partial charge is 0.261 e. The Morgan fingerprint density at radius 3 is 2.35 bits per heavy atom. The zero-order chi connectivity index (χ0) is 18.7. The van der Waals surface area contributed by atoms with Gasteiger partial charge in [-0.1, -0.05) is 12.1 Å². The second kappa shape index (κ2) is 7.13. The standard InChI is InChI=1S/C19H18FN3O2S/c1-13-3-4-14(2)18(11-13)22-19-10-7-16(12-21-19)23-26(24,25)17-8-5-15(20)6-9-17/h3-12,23H,1-2H3,(H,21,22). The van der Waals surface area contributed by atoms with Crippen molar-refractivity contribution >= 4 is 27.2 Å². The number of rotatable bonds is 5. The summed E-state index contributed by atoms with van der Waals surface area (Å²) in [7, 11) is -3.79. The topological polar surface area (TPSA) is 71.1 Å². The molecule has 0 bridgehead atoms. The van der Waals surface area contributed by atoms with Crippen LogP contribution >= 0.6 is 0 Å². The zero-order valence-electron chi connectivity index (χ0n) is 14.3. The average molecular weight is 371 g/mol. The monoisotopic (exact) mass is 371 g/mol. The minimum atomic E-state index is -3.79. The third-order valence-corrected chi connectivity index (χ3v) is 5.19. The number of pyridine rings is 1. The van der Waals surface area contributed by atoms with Gasteiger partial charge >= 0.3 is 0 Å². The molecule has 2 N–H and O–H groups in total. The Balaban J connectivity index is 1.75. The van der Waals surface area contributed by atoms with Crippen molar-refractivity contribution in [3.8, 4) is 0 Å². The van der Waals surface area contributed by atoms with Gasteiger partial charge in [0.15, 0.2) is 0 Å². The van der Waals surface area contributed by atoms with Crippen molar-refractivity contribution in [2.75, 3.05) is 10.0 Å². The van der Waals surface area contributed by atoms with Crippen molar-refractivity contribution in [1.82, 2.24) is 4.98 Å². The Bertz CT molecular complexity index is 1020. The van der Waals surface area contributed by atoms with E-state index in [-0.39, 0.29) is 4.90 Å². The van der Waals surface area contributed by atoms with E-state index in [0.717, 1.165) is 28.9 Å². The molecule has 3 rings (SSSR count). The molecule has 0 aliphatic heterocycles. The minimum Gasteiger partial charge on any atom is -0.340 e. The molecule has 134 valence electrons. The number of aromatic nitrogens is 1. The number of hydrogen-bond donors (Lipinski definition) is 2. The molecule has 0 aliphatic carbocycles. The van der Waals surface area contributed by atoms with Gasteiger partial charge in [0.1, 0.15) is 11.6 Å². The maximum Gasteiger partial charge on any atom is 0.261 e. The number of nitrogens with one attached hydrogen (secondary N) is 2. The Hall–Kier alpha value is -2.93. The number of anilines is 3. The van der Waals surface area contributed by atoms with Gasteiger partial charge in [0.25, 0.3) is 10.0 Å². The van der Waals surface area contributed by atoms with E-state index in [2.05, 4.69) is 15.0 Å². The van der Waals surface area contributed by atoms with Crippen LogP contribution in [0.4, 0.5) is 21.6 Å². The van der Waals surface area contributed by atoms with Crippen LogP contribution in [0.15, 0.2) is 65.7 Å². The second-order valence-corrected chi connectivity index (χ2v) is 7.62. The molecule has 0 atom stereocenters. The van der Waals surface area contributed by atoms with Crippen LogP contribution in [0.3, 0.4) is 0 Å². The molecule has 3 aromatic rings. The van der Waals surface area contributed by atoms with Crippen LogP contribution in [0.1, 0.15) is 11.1 Å². The molecule has 26 heavy (non-hydrogen) atoms. The first-order valence-electron chi connectivity index (χ1n) is 7.92. The maximum absolute atomic E-state index is 12.9. The lowest BCUT2D eigenvalue weighted by Gasteiger charge is -2.11. The first kappa shape index (κ1) is 17.9. The summed E-state index contributed by atoms with van der Waals surface area (Å²) in [6.45, 7) is 4.00. The summed E-state index contributed by atoms with van der Waals surface area (Å²) in [6.07, 6.45) is 1.43. The summed E-state index contributed by atoms with van der Waals surface area (Å²) >= 11 is 0. The first-order valence-corrected chi connectivity index (χ1v) is 9.40. The third kappa shape index (κ3) is 4.18. The van der Waals surface area contributed by atoms with Gasteiger partial charge in [0.2, 0.25) is 0 Å². The molecule has 7 heteroatoms.